The van der Waals surface area contributed by atoms with E-state index < -0.39 is 0 Å². The third kappa shape index (κ3) is 1.19. The highest BCUT2D eigenvalue weighted by atomic mass is 16.5. The predicted molar refractivity (Wildman–Crippen MR) is 69.0 cm³/mol. The van der Waals surface area contributed by atoms with Crippen LogP contribution in [0.4, 0.5) is 0 Å². The number of benzene rings is 2. The summed E-state index contributed by atoms with van der Waals surface area (Å²) in [5, 5.41) is 13.5. The summed E-state index contributed by atoms with van der Waals surface area (Å²) in [7, 11) is 0. The van der Waals surface area contributed by atoms with E-state index in [1.165, 1.54) is 12.1 Å². The van der Waals surface area contributed by atoms with Crippen molar-refractivity contribution >= 4 is 22.5 Å². The Morgan fingerprint density at radius 2 is 1.60 bits per heavy atom. The summed E-state index contributed by atoms with van der Waals surface area (Å²) in [6.45, 7) is 0. The van der Waals surface area contributed by atoms with Gasteiger partial charge in [-0.25, -0.2) is 0 Å². The van der Waals surface area contributed by atoms with Gasteiger partial charge < -0.3 is 9.63 Å². The SMILES string of the molecule is O=C1c2ccccc2C(=O)c2c1ccc1c(O)onc21. The van der Waals surface area contributed by atoms with Gasteiger partial charge in [0.25, 0.3) is 0 Å². The quantitative estimate of drug-likeness (QED) is 0.527. The van der Waals surface area contributed by atoms with Crippen LogP contribution < -0.4 is 0 Å². The zero-order valence-electron chi connectivity index (χ0n) is 10.1. The molecule has 0 amide bonds. The fourth-order valence-electron chi connectivity index (χ4n) is 2.57. The molecular weight excluding hydrogens is 258 g/mol. The molecule has 0 bridgehead atoms. The maximum atomic E-state index is 12.6. The van der Waals surface area contributed by atoms with Gasteiger partial charge in [-0.1, -0.05) is 29.4 Å². The lowest BCUT2D eigenvalue weighted by Gasteiger charge is -2.16. The molecule has 0 saturated carbocycles. The minimum atomic E-state index is -0.359. The number of fused-ring (bicyclic) bond motifs is 4. The lowest BCUT2D eigenvalue weighted by atomic mass is 9.83. The molecule has 20 heavy (non-hydrogen) atoms. The van der Waals surface area contributed by atoms with Gasteiger partial charge in [0.05, 0.1) is 10.9 Å². The van der Waals surface area contributed by atoms with E-state index in [2.05, 4.69) is 5.16 Å². The van der Waals surface area contributed by atoms with Crippen LogP contribution in [0.2, 0.25) is 0 Å². The molecule has 0 saturated heterocycles. The van der Waals surface area contributed by atoms with Gasteiger partial charge in [0.2, 0.25) is 0 Å². The Hall–Kier alpha value is -2.95. The van der Waals surface area contributed by atoms with E-state index in [1.807, 2.05) is 0 Å². The molecule has 3 aromatic rings. The molecule has 4 rings (SSSR count). The number of aromatic hydroxyl groups is 1. The molecular formula is C15H7NO4. The van der Waals surface area contributed by atoms with Crippen LogP contribution in [-0.4, -0.2) is 21.8 Å². The van der Waals surface area contributed by atoms with Crippen molar-refractivity contribution in [2.75, 3.05) is 0 Å². The zero-order valence-corrected chi connectivity index (χ0v) is 10.1. The Morgan fingerprint density at radius 3 is 2.35 bits per heavy atom. The fourth-order valence-corrected chi connectivity index (χ4v) is 2.57. The van der Waals surface area contributed by atoms with Gasteiger partial charge in [-0.3, -0.25) is 9.59 Å². The first-order chi connectivity index (χ1) is 9.68. The molecule has 96 valence electrons. The van der Waals surface area contributed by atoms with E-state index >= 15 is 0 Å². The second-order valence-corrected chi connectivity index (χ2v) is 4.58. The number of carbonyl (C=O) groups is 2. The standard InChI is InChI=1S/C15H7NO4/c17-13-7-3-1-2-4-8(7)14(18)11-9(13)5-6-10-12(11)16-20-15(10)19/h1-6,19H. The summed E-state index contributed by atoms with van der Waals surface area (Å²) in [5.74, 6) is -0.865. The number of hydrogen-bond donors (Lipinski definition) is 1. The molecule has 0 fully saturated rings. The van der Waals surface area contributed by atoms with Gasteiger partial charge in [-0.05, 0) is 12.1 Å². The van der Waals surface area contributed by atoms with Gasteiger partial charge in [0.1, 0.15) is 5.52 Å². The van der Waals surface area contributed by atoms with E-state index in [9.17, 15) is 14.7 Å². The van der Waals surface area contributed by atoms with Crippen molar-refractivity contribution in [1.29, 1.82) is 0 Å². The average molecular weight is 265 g/mol. The summed E-state index contributed by atoms with van der Waals surface area (Å²) < 4.78 is 4.69. The van der Waals surface area contributed by atoms with Crippen LogP contribution in [-0.2, 0) is 0 Å². The highest BCUT2D eigenvalue weighted by Gasteiger charge is 2.32. The largest absolute Gasteiger partial charge is 0.479 e. The second kappa shape index (κ2) is 3.54. The Balaban J connectivity index is 2.13. The topological polar surface area (TPSA) is 80.4 Å². The molecule has 5 heteroatoms. The van der Waals surface area contributed by atoms with E-state index in [0.717, 1.165) is 0 Å². The minimum absolute atomic E-state index is 0.190. The Labute approximate surface area is 112 Å². The van der Waals surface area contributed by atoms with Crippen LogP contribution in [0.15, 0.2) is 40.9 Å². The molecule has 1 heterocycles. The van der Waals surface area contributed by atoms with Crippen molar-refractivity contribution in [3.8, 4) is 5.95 Å². The molecule has 1 aliphatic carbocycles. The number of carbonyl (C=O) groups excluding carboxylic acids is 2. The molecule has 0 spiro atoms. The summed E-state index contributed by atoms with van der Waals surface area (Å²) in [4.78, 5) is 25.0. The molecule has 0 unspecified atom stereocenters. The Morgan fingerprint density at radius 1 is 0.900 bits per heavy atom. The van der Waals surface area contributed by atoms with E-state index in [1.54, 1.807) is 24.3 Å². The summed E-state index contributed by atoms with van der Waals surface area (Å²) in [5.41, 5.74) is 1.43. The Kier molecular flexibility index (Phi) is 1.93. The Bertz CT molecular complexity index is 907. The van der Waals surface area contributed by atoms with Crippen molar-refractivity contribution in [2.24, 2.45) is 0 Å². The number of ketones is 2. The summed E-state index contributed by atoms with van der Waals surface area (Å²) in [6.07, 6.45) is 0. The first kappa shape index (κ1) is 10.9. The molecule has 1 aromatic heterocycles. The van der Waals surface area contributed by atoms with Gasteiger partial charge in [-0.15, -0.1) is 0 Å². The average Bonchev–Trinajstić information content (AvgIpc) is 2.86. The monoisotopic (exact) mass is 265 g/mol. The molecule has 1 N–H and O–H groups in total. The maximum Gasteiger partial charge on any atom is 0.316 e. The number of hydrogen-bond acceptors (Lipinski definition) is 5. The van der Waals surface area contributed by atoms with Gasteiger partial charge >= 0.3 is 5.95 Å². The van der Waals surface area contributed by atoms with Gasteiger partial charge in [0.15, 0.2) is 11.6 Å². The second-order valence-electron chi connectivity index (χ2n) is 4.58. The van der Waals surface area contributed by atoms with Crippen molar-refractivity contribution in [3.05, 3.63) is 58.7 Å². The lowest BCUT2D eigenvalue weighted by Crippen LogP contribution is -2.21. The normalized spacial score (nSPS) is 13.4. The van der Waals surface area contributed by atoms with Crippen LogP contribution >= 0.6 is 0 Å². The van der Waals surface area contributed by atoms with Crippen molar-refractivity contribution in [2.45, 2.75) is 0 Å². The third-order valence-electron chi connectivity index (χ3n) is 3.52. The van der Waals surface area contributed by atoms with Gasteiger partial charge in [0, 0.05) is 16.7 Å². The van der Waals surface area contributed by atoms with Crippen LogP contribution in [0.1, 0.15) is 31.8 Å². The molecule has 0 atom stereocenters. The highest BCUT2D eigenvalue weighted by molar-refractivity contribution is 6.31. The lowest BCUT2D eigenvalue weighted by molar-refractivity contribution is 0.0980. The number of rotatable bonds is 0. The summed E-state index contributed by atoms with van der Waals surface area (Å²) in [6, 6.07) is 9.70. The highest BCUT2D eigenvalue weighted by Crippen LogP contribution is 2.34. The zero-order chi connectivity index (χ0) is 13.9. The number of nitrogens with zero attached hydrogens (tertiary/aromatic N) is 1. The van der Waals surface area contributed by atoms with Crippen molar-refractivity contribution in [1.82, 2.24) is 5.16 Å². The number of aromatic nitrogens is 1. The van der Waals surface area contributed by atoms with Crippen LogP contribution in [0.3, 0.4) is 0 Å². The predicted octanol–water partition coefficient (Wildman–Crippen LogP) is 2.31. The molecule has 1 aliphatic rings. The van der Waals surface area contributed by atoms with Crippen LogP contribution in [0, 0.1) is 0 Å². The first-order valence-corrected chi connectivity index (χ1v) is 5.98. The third-order valence-corrected chi connectivity index (χ3v) is 3.52. The van der Waals surface area contributed by atoms with E-state index in [0.29, 0.717) is 16.5 Å². The minimum Gasteiger partial charge on any atom is -0.479 e. The molecule has 0 radical (unpaired) electrons. The van der Waals surface area contributed by atoms with Crippen LogP contribution in [0.25, 0.3) is 10.9 Å². The van der Waals surface area contributed by atoms with Crippen molar-refractivity contribution < 1.29 is 19.2 Å². The van der Waals surface area contributed by atoms with Gasteiger partial charge in [-0.2, -0.15) is 0 Å². The molecule has 5 nitrogen and oxygen atoms in total. The van der Waals surface area contributed by atoms with Crippen molar-refractivity contribution in [3.63, 3.8) is 0 Å². The van der Waals surface area contributed by atoms with E-state index in [4.69, 9.17) is 4.52 Å². The summed E-state index contributed by atoms with van der Waals surface area (Å²) >= 11 is 0. The maximum absolute atomic E-state index is 12.6. The fraction of sp³-hybridized carbons (Fsp3) is 0. The first-order valence-electron chi connectivity index (χ1n) is 5.98. The molecule has 0 aliphatic heterocycles. The van der Waals surface area contributed by atoms with E-state index in [-0.39, 0.29) is 34.2 Å². The smallest absolute Gasteiger partial charge is 0.316 e. The van der Waals surface area contributed by atoms with Crippen LogP contribution in [0.5, 0.6) is 5.95 Å². The molecule has 2 aromatic carbocycles.